The van der Waals surface area contributed by atoms with E-state index in [1.54, 1.807) is 12.1 Å². The van der Waals surface area contributed by atoms with Gasteiger partial charge in [0, 0.05) is 23.5 Å². The highest BCUT2D eigenvalue weighted by Crippen LogP contribution is 2.39. The average molecular weight is 425 g/mol. The van der Waals surface area contributed by atoms with Gasteiger partial charge in [0.15, 0.2) is 11.5 Å². The summed E-state index contributed by atoms with van der Waals surface area (Å²) >= 11 is 1.81. The molecule has 1 amide bonds. The summed E-state index contributed by atoms with van der Waals surface area (Å²) in [5.74, 6) is 1.10. The van der Waals surface area contributed by atoms with Gasteiger partial charge in [-0.15, -0.1) is 11.3 Å². The molecule has 0 spiro atoms. The Kier molecular flexibility index (Phi) is 5.81. The van der Waals surface area contributed by atoms with Gasteiger partial charge in [-0.1, -0.05) is 12.1 Å². The molecule has 6 nitrogen and oxygen atoms in total. The van der Waals surface area contributed by atoms with Crippen LogP contribution in [-0.2, 0) is 13.0 Å². The van der Waals surface area contributed by atoms with Crippen molar-refractivity contribution in [2.24, 2.45) is 0 Å². The van der Waals surface area contributed by atoms with E-state index in [1.807, 2.05) is 35.6 Å². The summed E-state index contributed by atoms with van der Waals surface area (Å²) in [5.41, 5.74) is 3.57. The van der Waals surface area contributed by atoms with Crippen LogP contribution in [0.1, 0.15) is 20.8 Å². The van der Waals surface area contributed by atoms with Crippen molar-refractivity contribution in [3.05, 3.63) is 63.8 Å². The van der Waals surface area contributed by atoms with Crippen molar-refractivity contribution >= 4 is 28.6 Å². The van der Waals surface area contributed by atoms with Gasteiger partial charge >= 0.3 is 0 Å². The number of ether oxygens (including phenoxy) is 3. The number of carbonyl (C=O) groups excluding carboxylic acids is 1. The van der Waals surface area contributed by atoms with Crippen molar-refractivity contribution in [3.63, 3.8) is 0 Å². The third-order valence-electron chi connectivity index (χ3n) is 5.23. The third-order valence-corrected chi connectivity index (χ3v) is 6.25. The fraction of sp³-hybridized carbons (Fsp3) is 0.261. The Morgan fingerprint density at radius 1 is 1.03 bits per heavy atom. The van der Waals surface area contributed by atoms with Gasteiger partial charge in [-0.3, -0.25) is 4.79 Å². The largest absolute Gasteiger partial charge is 0.493 e. The molecule has 0 fully saturated rings. The summed E-state index contributed by atoms with van der Waals surface area (Å²) in [6, 6.07) is 13.4. The molecule has 156 valence electrons. The number of methoxy groups -OCH3 is 3. The van der Waals surface area contributed by atoms with Crippen molar-refractivity contribution in [2.75, 3.05) is 38.1 Å². The molecule has 1 aromatic heterocycles. The van der Waals surface area contributed by atoms with Gasteiger partial charge in [-0.25, -0.2) is 0 Å². The number of anilines is 2. The van der Waals surface area contributed by atoms with E-state index in [0.29, 0.717) is 22.8 Å². The van der Waals surface area contributed by atoms with Crippen molar-refractivity contribution < 1.29 is 19.0 Å². The number of para-hydroxylation sites is 2. The van der Waals surface area contributed by atoms with Crippen molar-refractivity contribution in [3.8, 4) is 17.2 Å². The van der Waals surface area contributed by atoms with Crippen LogP contribution in [0.5, 0.6) is 17.2 Å². The van der Waals surface area contributed by atoms with Gasteiger partial charge < -0.3 is 24.4 Å². The third kappa shape index (κ3) is 3.80. The topological polar surface area (TPSA) is 60.0 Å². The summed E-state index contributed by atoms with van der Waals surface area (Å²) in [4.78, 5) is 16.8. The molecule has 0 saturated carbocycles. The number of hydrogen-bond acceptors (Lipinski definition) is 6. The first-order valence-corrected chi connectivity index (χ1v) is 10.5. The number of benzene rings is 2. The predicted molar refractivity (Wildman–Crippen MR) is 120 cm³/mol. The van der Waals surface area contributed by atoms with Crippen LogP contribution in [0.4, 0.5) is 11.4 Å². The van der Waals surface area contributed by atoms with E-state index in [4.69, 9.17) is 14.2 Å². The van der Waals surface area contributed by atoms with Gasteiger partial charge in [0.05, 0.1) is 32.7 Å². The molecule has 30 heavy (non-hydrogen) atoms. The molecule has 0 unspecified atom stereocenters. The van der Waals surface area contributed by atoms with Gasteiger partial charge in [-0.2, -0.15) is 0 Å². The molecule has 3 aromatic rings. The minimum atomic E-state index is -0.241. The summed E-state index contributed by atoms with van der Waals surface area (Å²) < 4.78 is 16.1. The second-order valence-corrected chi connectivity index (χ2v) is 7.93. The fourth-order valence-corrected chi connectivity index (χ4v) is 4.61. The molecule has 1 N–H and O–H groups in total. The molecule has 0 saturated heterocycles. The van der Waals surface area contributed by atoms with E-state index >= 15 is 0 Å². The molecule has 4 rings (SSSR count). The van der Waals surface area contributed by atoms with E-state index < -0.39 is 0 Å². The molecule has 7 heteroatoms. The smallest absolute Gasteiger partial charge is 0.255 e. The van der Waals surface area contributed by atoms with Crippen molar-refractivity contribution in [1.82, 2.24) is 0 Å². The minimum Gasteiger partial charge on any atom is -0.493 e. The maximum absolute atomic E-state index is 13.1. The van der Waals surface area contributed by atoms with E-state index in [0.717, 1.165) is 30.9 Å². The summed E-state index contributed by atoms with van der Waals surface area (Å²) in [5, 5.41) is 5.20. The molecule has 1 aliphatic heterocycles. The lowest BCUT2D eigenvalue weighted by Crippen LogP contribution is -2.30. The molecule has 0 bridgehead atoms. The highest BCUT2D eigenvalue weighted by atomic mass is 32.1. The van der Waals surface area contributed by atoms with Crippen molar-refractivity contribution in [2.45, 2.75) is 13.0 Å². The van der Waals surface area contributed by atoms with Crippen LogP contribution in [0.15, 0.2) is 47.8 Å². The number of rotatable bonds is 6. The van der Waals surface area contributed by atoms with Crippen LogP contribution < -0.4 is 24.4 Å². The Bertz CT molecular complexity index is 1040. The summed E-state index contributed by atoms with van der Waals surface area (Å²) in [6.07, 6.45) is 1.02. The zero-order chi connectivity index (χ0) is 21.1. The van der Waals surface area contributed by atoms with Gasteiger partial charge in [0.25, 0.3) is 5.91 Å². The second kappa shape index (κ2) is 8.67. The van der Waals surface area contributed by atoms with E-state index in [1.165, 1.54) is 31.8 Å². The zero-order valence-corrected chi connectivity index (χ0v) is 18.0. The predicted octanol–water partition coefficient (Wildman–Crippen LogP) is 4.59. The molecular weight excluding hydrogens is 400 g/mol. The number of fused-ring (bicyclic) bond motifs is 1. The van der Waals surface area contributed by atoms with Crippen LogP contribution >= 0.6 is 11.3 Å². The average Bonchev–Trinajstić information content (AvgIpc) is 3.26. The normalized spacial score (nSPS) is 12.8. The molecule has 2 aromatic carbocycles. The number of thiophene rings is 1. The highest BCUT2D eigenvalue weighted by Gasteiger charge is 2.21. The van der Waals surface area contributed by atoms with Crippen LogP contribution in [-0.4, -0.2) is 33.8 Å². The van der Waals surface area contributed by atoms with E-state index in [-0.39, 0.29) is 5.91 Å². The Hall–Kier alpha value is -3.19. The number of nitrogens with one attached hydrogen (secondary N) is 1. The first kappa shape index (κ1) is 20.1. The SMILES string of the molecule is COc1cc(C(=O)Nc2ccccc2N2CCc3sccc3C2)cc(OC)c1OC. The minimum absolute atomic E-state index is 0.241. The first-order chi connectivity index (χ1) is 14.6. The number of amides is 1. The van der Waals surface area contributed by atoms with Gasteiger partial charge in [-0.05, 0) is 47.7 Å². The number of hydrogen-bond donors (Lipinski definition) is 1. The Labute approximate surface area is 180 Å². The molecule has 0 aliphatic carbocycles. The van der Waals surface area contributed by atoms with Gasteiger partial charge in [0.2, 0.25) is 5.75 Å². The maximum atomic E-state index is 13.1. The standard InChI is InChI=1S/C23H24N2O4S/c1-27-19-12-16(13-20(28-2)22(19)29-3)23(26)24-17-6-4-5-7-18(17)25-10-8-21-15(14-25)9-11-30-21/h4-7,9,11-13H,8,10,14H2,1-3H3,(H,24,26). The fourth-order valence-electron chi connectivity index (χ4n) is 3.72. The Morgan fingerprint density at radius 3 is 2.47 bits per heavy atom. The zero-order valence-electron chi connectivity index (χ0n) is 17.2. The lowest BCUT2D eigenvalue weighted by molar-refractivity contribution is 0.102. The van der Waals surface area contributed by atoms with Crippen LogP contribution in [0.25, 0.3) is 0 Å². The molecular formula is C23H24N2O4S. The van der Waals surface area contributed by atoms with Crippen LogP contribution in [0.3, 0.4) is 0 Å². The lowest BCUT2D eigenvalue weighted by Gasteiger charge is -2.30. The monoisotopic (exact) mass is 424 g/mol. The summed E-state index contributed by atoms with van der Waals surface area (Å²) in [6.45, 7) is 1.76. The summed E-state index contributed by atoms with van der Waals surface area (Å²) in [7, 11) is 4.60. The van der Waals surface area contributed by atoms with Gasteiger partial charge in [0.1, 0.15) is 0 Å². The molecule has 1 aliphatic rings. The molecule has 2 heterocycles. The Balaban J connectivity index is 1.61. The van der Waals surface area contributed by atoms with Crippen LogP contribution in [0, 0.1) is 0 Å². The lowest BCUT2D eigenvalue weighted by atomic mass is 10.1. The van der Waals surface area contributed by atoms with Crippen molar-refractivity contribution in [1.29, 1.82) is 0 Å². The Morgan fingerprint density at radius 2 is 1.77 bits per heavy atom. The van der Waals surface area contributed by atoms with E-state index in [2.05, 4.69) is 21.7 Å². The maximum Gasteiger partial charge on any atom is 0.255 e. The van der Waals surface area contributed by atoms with Crippen LogP contribution in [0.2, 0.25) is 0 Å². The van der Waals surface area contributed by atoms with E-state index in [9.17, 15) is 4.79 Å². The highest BCUT2D eigenvalue weighted by molar-refractivity contribution is 7.10. The molecule has 0 atom stereocenters. The number of nitrogens with zero attached hydrogens (tertiary/aromatic N) is 1. The number of carbonyl (C=O) groups is 1. The molecule has 0 radical (unpaired) electrons. The first-order valence-electron chi connectivity index (χ1n) is 9.65. The quantitative estimate of drug-likeness (QED) is 0.627. The second-order valence-electron chi connectivity index (χ2n) is 6.93.